The third kappa shape index (κ3) is 5.04. The van der Waals surface area contributed by atoms with Gasteiger partial charge in [0.05, 0.1) is 6.04 Å². The number of carbonyl (C=O) groups is 2. The van der Waals surface area contributed by atoms with Crippen LogP contribution in [0.3, 0.4) is 0 Å². The van der Waals surface area contributed by atoms with Crippen LogP contribution in [0.25, 0.3) is 0 Å². The Kier molecular flexibility index (Phi) is 6.55. The van der Waals surface area contributed by atoms with Gasteiger partial charge >= 0.3 is 0 Å². The first-order valence-corrected chi connectivity index (χ1v) is 8.14. The molecule has 0 aromatic heterocycles. The van der Waals surface area contributed by atoms with Crippen LogP contribution in [0.5, 0.6) is 0 Å². The number of benzene rings is 1. The number of carbonyl (C=O) groups excluding carboxylic acids is 2. The van der Waals surface area contributed by atoms with Gasteiger partial charge in [0.1, 0.15) is 0 Å². The molecule has 0 spiro atoms. The molecule has 2 rings (SSSR count). The lowest BCUT2D eigenvalue weighted by Gasteiger charge is -2.26. The highest BCUT2D eigenvalue weighted by Crippen LogP contribution is 2.19. The van der Waals surface area contributed by atoms with Gasteiger partial charge in [-0.1, -0.05) is 6.92 Å². The fraction of sp³-hybridized carbons (Fsp3) is 0.529. The maximum atomic E-state index is 12.2. The van der Waals surface area contributed by atoms with Gasteiger partial charge in [0.15, 0.2) is 0 Å². The number of amides is 2. The van der Waals surface area contributed by atoms with Gasteiger partial charge in [0.25, 0.3) is 5.91 Å². The van der Waals surface area contributed by atoms with Crippen molar-refractivity contribution in [1.82, 2.24) is 5.32 Å². The van der Waals surface area contributed by atoms with E-state index in [4.69, 9.17) is 10.5 Å². The van der Waals surface area contributed by atoms with E-state index >= 15 is 0 Å². The van der Waals surface area contributed by atoms with Crippen molar-refractivity contribution in [3.05, 3.63) is 29.8 Å². The van der Waals surface area contributed by atoms with Gasteiger partial charge in [-0.05, 0) is 49.4 Å². The average Bonchev–Trinajstić information content (AvgIpc) is 2.60. The van der Waals surface area contributed by atoms with E-state index in [1.807, 2.05) is 6.92 Å². The fourth-order valence-electron chi connectivity index (χ4n) is 2.56. The summed E-state index contributed by atoms with van der Waals surface area (Å²) >= 11 is 0. The molecule has 126 valence electrons. The summed E-state index contributed by atoms with van der Waals surface area (Å²) in [4.78, 5) is 24.0. The SMILES string of the molecule is CCCNC(=O)c1ccc(NC(=O)C(N)C2CCOCC2)cc1. The van der Waals surface area contributed by atoms with Crippen LogP contribution < -0.4 is 16.4 Å². The lowest BCUT2D eigenvalue weighted by molar-refractivity contribution is -0.119. The average molecular weight is 319 g/mol. The van der Waals surface area contributed by atoms with Gasteiger partial charge in [0.2, 0.25) is 5.91 Å². The smallest absolute Gasteiger partial charge is 0.251 e. The maximum Gasteiger partial charge on any atom is 0.251 e. The largest absolute Gasteiger partial charge is 0.381 e. The van der Waals surface area contributed by atoms with Crippen LogP contribution in [-0.4, -0.2) is 37.6 Å². The molecule has 1 unspecified atom stereocenters. The van der Waals surface area contributed by atoms with Gasteiger partial charge < -0.3 is 21.1 Å². The van der Waals surface area contributed by atoms with Gasteiger partial charge in [0, 0.05) is 31.0 Å². The summed E-state index contributed by atoms with van der Waals surface area (Å²) in [6.45, 7) is 3.97. The molecular formula is C17H25N3O3. The molecule has 0 aliphatic carbocycles. The fourth-order valence-corrected chi connectivity index (χ4v) is 2.56. The van der Waals surface area contributed by atoms with Crippen LogP contribution in [0, 0.1) is 5.92 Å². The van der Waals surface area contributed by atoms with Crippen molar-refractivity contribution in [2.45, 2.75) is 32.2 Å². The normalized spacial score (nSPS) is 16.6. The first-order valence-electron chi connectivity index (χ1n) is 8.14. The number of anilines is 1. The van der Waals surface area contributed by atoms with Gasteiger partial charge in [-0.15, -0.1) is 0 Å². The quantitative estimate of drug-likeness (QED) is 0.741. The number of nitrogens with one attached hydrogen (secondary N) is 2. The minimum absolute atomic E-state index is 0.108. The Morgan fingerprint density at radius 2 is 1.91 bits per heavy atom. The number of hydrogen-bond donors (Lipinski definition) is 3. The van der Waals surface area contributed by atoms with E-state index in [2.05, 4.69) is 10.6 Å². The number of rotatable bonds is 6. The van der Waals surface area contributed by atoms with Crippen molar-refractivity contribution < 1.29 is 14.3 Å². The van der Waals surface area contributed by atoms with E-state index in [0.29, 0.717) is 31.0 Å². The zero-order chi connectivity index (χ0) is 16.7. The molecule has 6 nitrogen and oxygen atoms in total. The zero-order valence-corrected chi connectivity index (χ0v) is 13.5. The Labute approximate surface area is 136 Å². The van der Waals surface area contributed by atoms with Crippen LogP contribution in [-0.2, 0) is 9.53 Å². The molecule has 1 aliphatic rings. The Morgan fingerprint density at radius 1 is 1.26 bits per heavy atom. The van der Waals surface area contributed by atoms with Gasteiger partial charge in [-0.3, -0.25) is 9.59 Å². The third-order valence-corrected chi connectivity index (χ3v) is 4.03. The summed E-state index contributed by atoms with van der Waals surface area (Å²) in [6, 6.07) is 6.29. The Hall–Kier alpha value is -1.92. The second-order valence-electron chi connectivity index (χ2n) is 5.80. The summed E-state index contributed by atoms with van der Waals surface area (Å²) in [7, 11) is 0. The van der Waals surface area contributed by atoms with E-state index < -0.39 is 6.04 Å². The van der Waals surface area contributed by atoms with Crippen molar-refractivity contribution in [3.8, 4) is 0 Å². The highest BCUT2D eigenvalue weighted by molar-refractivity contribution is 5.97. The van der Waals surface area contributed by atoms with Crippen LogP contribution in [0.15, 0.2) is 24.3 Å². The maximum absolute atomic E-state index is 12.2. The van der Waals surface area contributed by atoms with E-state index in [0.717, 1.165) is 19.3 Å². The Balaban J connectivity index is 1.89. The first kappa shape index (κ1) is 17.4. The molecule has 1 aromatic rings. The molecule has 6 heteroatoms. The second-order valence-corrected chi connectivity index (χ2v) is 5.80. The third-order valence-electron chi connectivity index (χ3n) is 4.03. The Bertz CT molecular complexity index is 524. The molecule has 1 aliphatic heterocycles. The monoisotopic (exact) mass is 319 g/mol. The molecular weight excluding hydrogens is 294 g/mol. The minimum Gasteiger partial charge on any atom is -0.381 e. The lowest BCUT2D eigenvalue weighted by atomic mass is 9.92. The molecule has 1 saturated heterocycles. The van der Waals surface area contributed by atoms with E-state index in [1.54, 1.807) is 24.3 Å². The molecule has 0 saturated carbocycles. The molecule has 1 heterocycles. The van der Waals surface area contributed by atoms with Crippen molar-refractivity contribution in [1.29, 1.82) is 0 Å². The molecule has 1 atom stereocenters. The van der Waals surface area contributed by atoms with Crippen LogP contribution in [0.4, 0.5) is 5.69 Å². The van der Waals surface area contributed by atoms with Crippen molar-refractivity contribution in [2.24, 2.45) is 11.7 Å². The summed E-state index contributed by atoms with van der Waals surface area (Å²) in [5.74, 6) is -0.147. The molecule has 23 heavy (non-hydrogen) atoms. The summed E-state index contributed by atoms with van der Waals surface area (Å²) < 4.78 is 5.29. The van der Waals surface area contributed by atoms with E-state index in [-0.39, 0.29) is 17.7 Å². The van der Waals surface area contributed by atoms with Crippen molar-refractivity contribution in [2.75, 3.05) is 25.1 Å². The van der Waals surface area contributed by atoms with Crippen LogP contribution >= 0.6 is 0 Å². The summed E-state index contributed by atoms with van der Waals surface area (Å²) in [5.41, 5.74) is 7.26. The number of nitrogens with two attached hydrogens (primary N) is 1. The predicted octanol–water partition coefficient (Wildman–Crippen LogP) is 1.52. The van der Waals surface area contributed by atoms with E-state index in [9.17, 15) is 9.59 Å². The lowest BCUT2D eigenvalue weighted by Crippen LogP contribution is -2.44. The first-order chi connectivity index (χ1) is 11.1. The summed E-state index contributed by atoms with van der Waals surface area (Å²) in [6.07, 6.45) is 2.51. The predicted molar refractivity (Wildman–Crippen MR) is 89.2 cm³/mol. The zero-order valence-electron chi connectivity index (χ0n) is 13.5. The minimum atomic E-state index is -0.536. The Morgan fingerprint density at radius 3 is 2.52 bits per heavy atom. The van der Waals surface area contributed by atoms with Crippen molar-refractivity contribution >= 4 is 17.5 Å². The summed E-state index contributed by atoms with van der Waals surface area (Å²) in [5, 5.41) is 5.62. The molecule has 0 radical (unpaired) electrons. The molecule has 4 N–H and O–H groups in total. The topological polar surface area (TPSA) is 93.5 Å². The van der Waals surface area contributed by atoms with E-state index in [1.165, 1.54) is 0 Å². The highest BCUT2D eigenvalue weighted by Gasteiger charge is 2.26. The molecule has 0 bridgehead atoms. The second kappa shape index (κ2) is 8.64. The molecule has 2 amide bonds. The van der Waals surface area contributed by atoms with Gasteiger partial charge in [-0.2, -0.15) is 0 Å². The van der Waals surface area contributed by atoms with Crippen LogP contribution in [0.2, 0.25) is 0 Å². The van der Waals surface area contributed by atoms with Gasteiger partial charge in [-0.25, -0.2) is 0 Å². The highest BCUT2D eigenvalue weighted by atomic mass is 16.5. The number of ether oxygens (including phenoxy) is 1. The number of hydrogen-bond acceptors (Lipinski definition) is 4. The molecule has 1 fully saturated rings. The molecule has 1 aromatic carbocycles. The standard InChI is InChI=1S/C17H25N3O3/c1-2-9-19-16(21)13-3-5-14(6-4-13)20-17(22)15(18)12-7-10-23-11-8-12/h3-6,12,15H,2,7-11,18H2,1H3,(H,19,21)(H,20,22). The van der Waals surface area contributed by atoms with Crippen molar-refractivity contribution in [3.63, 3.8) is 0 Å². The van der Waals surface area contributed by atoms with Crippen LogP contribution in [0.1, 0.15) is 36.5 Å².